The summed E-state index contributed by atoms with van der Waals surface area (Å²) in [5, 5.41) is 2.69. The molecule has 0 aliphatic heterocycles. The minimum absolute atomic E-state index is 0.148. The van der Waals surface area contributed by atoms with E-state index in [1.807, 2.05) is 12.1 Å². The first-order valence-corrected chi connectivity index (χ1v) is 10.9. The van der Waals surface area contributed by atoms with Crippen LogP contribution in [-0.4, -0.2) is 38.9 Å². The zero-order chi connectivity index (χ0) is 19.2. The summed E-state index contributed by atoms with van der Waals surface area (Å²) in [6, 6.07) is 8.07. The minimum Gasteiger partial charge on any atom is -0.468 e. The van der Waals surface area contributed by atoms with Gasteiger partial charge in [0.15, 0.2) is 0 Å². The highest BCUT2D eigenvalue weighted by molar-refractivity contribution is 7.98. The van der Waals surface area contributed by atoms with E-state index in [1.54, 1.807) is 18.0 Å². The number of furan rings is 1. The Kier molecular flexibility index (Phi) is 7.10. The van der Waals surface area contributed by atoms with E-state index in [9.17, 15) is 17.6 Å². The first kappa shape index (κ1) is 20.3. The number of halogens is 1. The first-order chi connectivity index (χ1) is 12.3. The molecule has 0 aliphatic rings. The van der Waals surface area contributed by atoms with Crippen molar-refractivity contribution in [3.05, 3.63) is 54.2 Å². The predicted molar refractivity (Wildman–Crippen MR) is 101 cm³/mol. The van der Waals surface area contributed by atoms with Crippen LogP contribution in [0, 0.1) is 5.82 Å². The molecule has 2 aromatic rings. The number of benzene rings is 1. The molecular formula is C17H21FN2O4S2. The number of amides is 1. The standard InChI is InChI=1S/C17H21FN2O4S2/c1-13(17(21)19-9-11-25-12-14-6-5-10-24-14)20(26(2,22)23)16-8-4-3-7-15(16)18/h3-8,10,13H,9,11-12H2,1-2H3,(H,19,21)/t13-/m0/s1. The van der Waals surface area contributed by atoms with E-state index in [4.69, 9.17) is 4.42 Å². The molecule has 0 spiro atoms. The van der Waals surface area contributed by atoms with Gasteiger partial charge in [0.25, 0.3) is 0 Å². The van der Waals surface area contributed by atoms with Crippen LogP contribution in [-0.2, 0) is 20.6 Å². The lowest BCUT2D eigenvalue weighted by Crippen LogP contribution is -2.48. The van der Waals surface area contributed by atoms with Crippen molar-refractivity contribution in [2.24, 2.45) is 0 Å². The maximum absolute atomic E-state index is 14.0. The minimum atomic E-state index is -3.83. The Morgan fingerprint density at radius 3 is 2.65 bits per heavy atom. The monoisotopic (exact) mass is 400 g/mol. The SMILES string of the molecule is C[C@@H](C(=O)NCCSCc1ccco1)N(c1ccccc1F)S(C)(=O)=O. The van der Waals surface area contributed by atoms with E-state index < -0.39 is 27.8 Å². The number of hydrogen-bond acceptors (Lipinski definition) is 5. The molecule has 6 nitrogen and oxygen atoms in total. The van der Waals surface area contributed by atoms with Gasteiger partial charge in [0.2, 0.25) is 15.9 Å². The fourth-order valence-electron chi connectivity index (χ4n) is 2.37. The number of thioether (sulfide) groups is 1. The third-order valence-electron chi connectivity index (χ3n) is 3.55. The maximum Gasteiger partial charge on any atom is 0.243 e. The maximum atomic E-state index is 14.0. The Morgan fingerprint density at radius 1 is 1.31 bits per heavy atom. The second kappa shape index (κ2) is 9.09. The Hall–Kier alpha value is -2.00. The van der Waals surface area contributed by atoms with Gasteiger partial charge < -0.3 is 9.73 Å². The number of carbonyl (C=O) groups excluding carboxylic acids is 1. The summed E-state index contributed by atoms with van der Waals surface area (Å²) >= 11 is 1.58. The smallest absolute Gasteiger partial charge is 0.243 e. The van der Waals surface area contributed by atoms with Crippen LogP contribution in [0.5, 0.6) is 0 Å². The van der Waals surface area contributed by atoms with E-state index in [1.165, 1.54) is 25.1 Å². The Balaban J connectivity index is 1.94. The molecule has 0 unspecified atom stereocenters. The van der Waals surface area contributed by atoms with Gasteiger partial charge in [-0.05, 0) is 31.2 Å². The fraction of sp³-hybridized carbons (Fsp3) is 0.353. The number of hydrogen-bond donors (Lipinski definition) is 1. The molecule has 1 amide bonds. The van der Waals surface area contributed by atoms with Gasteiger partial charge in [-0.25, -0.2) is 12.8 Å². The van der Waals surface area contributed by atoms with Gasteiger partial charge in [0.1, 0.15) is 17.6 Å². The van der Waals surface area contributed by atoms with Gasteiger partial charge in [-0.1, -0.05) is 12.1 Å². The number of anilines is 1. The molecule has 1 N–H and O–H groups in total. The molecule has 2 rings (SSSR count). The second-order valence-electron chi connectivity index (χ2n) is 5.61. The zero-order valence-corrected chi connectivity index (χ0v) is 16.1. The van der Waals surface area contributed by atoms with Gasteiger partial charge >= 0.3 is 0 Å². The van der Waals surface area contributed by atoms with Crippen LogP contribution >= 0.6 is 11.8 Å². The van der Waals surface area contributed by atoms with Crippen LogP contribution in [0.25, 0.3) is 0 Å². The van der Waals surface area contributed by atoms with Crippen molar-refractivity contribution in [2.45, 2.75) is 18.7 Å². The molecule has 0 radical (unpaired) electrons. The van der Waals surface area contributed by atoms with Crippen LogP contribution in [0.1, 0.15) is 12.7 Å². The third kappa shape index (κ3) is 5.50. The number of nitrogens with zero attached hydrogens (tertiary/aromatic N) is 1. The van der Waals surface area contributed by atoms with Crippen LogP contribution < -0.4 is 9.62 Å². The number of nitrogens with one attached hydrogen (secondary N) is 1. The molecule has 26 heavy (non-hydrogen) atoms. The summed E-state index contributed by atoms with van der Waals surface area (Å²) in [6.45, 7) is 1.79. The molecule has 1 heterocycles. The van der Waals surface area contributed by atoms with E-state index >= 15 is 0 Å². The lowest BCUT2D eigenvalue weighted by molar-refractivity contribution is -0.121. The molecule has 0 aliphatic carbocycles. The zero-order valence-electron chi connectivity index (χ0n) is 14.5. The van der Waals surface area contributed by atoms with Crippen molar-refractivity contribution in [2.75, 3.05) is 22.9 Å². The molecule has 0 fully saturated rings. The summed E-state index contributed by atoms with van der Waals surface area (Å²) in [5.74, 6) is 0.974. The first-order valence-electron chi connectivity index (χ1n) is 7.92. The van der Waals surface area contributed by atoms with Crippen molar-refractivity contribution in [3.8, 4) is 0 Å². The van der Waals surface area contributed by atoms with Crippen LogP contribution in [0.2, 0.25) is 0 Å². The van der Waals surface area contributed by atoms with E-state index in [2.05, 4.69) is 5.32 Å². The summed E-state index contributed by atoms with van der Waals surface area (Å²) in [6.07, 6.45) is 2.55. The largest absolute Gasteiger partial charge is 0.468 e. The predicted octanol–water partition coefficient (Wildman–Crippen LogP) is 2.62. The van der Waals surface area contributed by atoms with Crippen molar-refractivity contribution in [1.29, 1.82) is 0 Å². The number of sulfonamides is 1. The quantitative estimate of drug-likeness (QED) is 0.655. The van der Waals surface area contributed by atoms with Crippen molar-refractivity contribution in [1.82, 2.24) is 5.32 Å². The van der Waals surface area contributed by atoms with Crippen molar-refractivity contribution >= 4 is 33.4 Å². The van der Waals surface area contributed by atoms with E-state index in [0.717, 1.165) is 22.4 Å². The molecular weight excluding hydrogens is 379 g/mol. The molecule has 0 saturated carbocycles. The van der Waals surface area contributed by atoms with Crippen molar-refractivity contribution in [3.63, 3.8) is 0 Å². The second-order valence-corrected chi connectivity index (χ2v) is 8.57. The van der Waals surface area contributed by atoms with Crippen LogP contribution in [0.15, 0.2) is 47.1 Å². The van der Waals surface area contributed by atoms with E-state index in [0.29, 0.717) is 18.1 Å². The Bertz CT molecular complexity index is 825. The fourth-order valence-corrected chi connectivity index (χ4v) is 4.30. The van der Waals surface area contributed by atoms with Crippen LogP contribution in [0.3, 0.4) is 0 Å². The third-order valence-corrected chi connectivity index (χ3v) is 5.76. The van der Waals surface area contributed by atoms with E-state index in [-0.39, 0.29) is 5.69 Å². The molecule has 0 saturated heterocycles. The molecule has 0 bridgehead atoms. The Labute approximate surface area is 156 Å². The van der Waals surface area contributed by atoms with Gasteiger partial charge in [-0.15, -0.1) is 0 Å². The number of rotatable bonds is 9. The lowest BCUT2D eigenvalue weighted by atomic mass is 10.2. The van der Waals surface area contributed by atoms with Crippen LogP contribution in [0.4, 0.5) is 10.1 Å². The van der Waals surface area contributed by atoms with Gasteiger partial charge in [0.05, 0.1) is 24.0 Å². The van der Waals surface area contributed by atoms with Gasteiger partial charge in [0, 0.05) is 12.3 Å². The molecule has 142 valence electrons. The number of para-hydroxylation sites is 1. The topological polar surface area (TPSA) is 79.6 Å². The average Bonchev–Trinajstić information content (AvgIpc) is 3.08. The number of carbonyl (C=O) groups is 1. The van der Waals surface area contributed by atoms with Gasteiger partial charge in [-0.3, -0.25) is 9.10 Å². The lowest BCUT2D eigenvalue weighted by Gasteiger charge is -2.28. The van der Waals surface area contributed by atoms with Crippen molar-refractivity contribution < 1.29 is 22.0 Å². The summed E-state index contributed by atoms with van der Waals surface area (Å²) < 4.78 is 44.2. The molecule has 9 heteroatoms. The van der Waals surface area contributed by atoms with Gasteiger partial charge in [-0.2, -0.15) is 11.8 Å². The molecule has 1 aromatic carbocycles. The molecule has 1 atom stereocenters. The average molecular weight is 400 g/mol. The summed E-state index contributed by atoms with van der Waals surface area (Å²) in [7, 11) is -3.83. The normalized spacial score (nSPS) is 12.6. The highest BCUT2D eigenvalue weighted by Gasteiger charge is 2.30. The summed E-state index contributed by atoms with van der Waals surface area (Å²) in [4.78, 5) is 12.3. The Morgan fingerprint density at radius 2 is 2.04 bits per heavy atom. The molecule has 1 aromatic heterocycles. The summed E-state index contributed by atoms with van der Waals surface area (Å²) in [5.41, 5.74) is -0.148. The highest BCUT2D eigenvalue weighted by Crippen LogP contribution is 2.24. The highest BCUT2D eigenvalue weighted by atomic mass is 32.2.